The number of anilines is 1. The van der Waals surface area contributed by atoms with Gasteiger partial charge in [-0.3, -0.25) is 4.79 Å². The summed E-state index contributed by atoms with van der Waals surface area (Å²) in [6.07, 6.45) is 0.921. The minimum atomic E-state index is 0.0312. The van der Waals surface area contributed by atoms with Gasteiger partial charge in [-0.1, -0.05) is 39.0 Å². The Morgan fingerprint density at radius 2 is 2.00 bits per heavy atom. The van der Waals surface area contributed by atoms with Crippen LogP contribution in [0.1, 0.15) is 39.7 Å². The summed E-state index contributed by atoms with van der Waals surface area (Å²) in [5.74, 6) is 0.210. The first-order valence-electron chi connectivity index (χ1n) is 7.03. The molecule has 104 valence electrons. The van der Waals surface area contributed by atoms with Crippen LogP contribution in [-0.2, 0) is 10.2 Å². The maximum Gasteiger partial charge on any atom is 0.229 e. The number of carbonyl (C=O) groups is 1. The zero-order valence-corrected chi connectivity index (χ0v) is 12.3. The number of hydrogen-bond acceptors (Lipinski definition) is 2. The molecule has 1 amide bonds. The lowest BCUT2D eigenvalue weighted by Gasteiger charge is -2.24. The van der Waals surface area contributed by atoms with Gasteiger partial charge in [0.25, 0.3) is 0 Å². The van der Waals surface area contributed by atoms with Crippen LogP contribution < -0.4 is 10.6 Å². The topological polar surface area (TPSA) is 41.1 Å². The first-order chi connectivity index (χ1) is 8.89. The summed E-state index contributed by atoms with van der Waals surface area (Å²) in [6.45, 7) is 9.50. The molecular weight excluding hydrogens is 236 g/mol. The molecule has 2 N–H and O–H groups in total. The van der Waals surface area contributed by atoms with Crippen LogP contribution in [0.4, 0.5) is 5.69 Å². The lowest BCUT2D eigenvalue weighted by Crippen LogP contribution is -2.32. The summed E-state index contributed by atoms with van der Waals surface area (Å²) in [7, 11) is 0. The van der Waals surface area contributed by atoms with Crippen molar-refractivity contribution in [2.24, 2.45) is 5.92 Å². The van der Waals surface area contributed by atoms with E-state index >= 15 is 0 Å². The van der Waals surface area contributed by atoms with Crippen LogP contribution in [0.25, 0.3) is 0 Å². The smallest absolute Gasteiger partial charge is 0.229 e. The maximum atomic E-state index is 12.4. The fraction of sp³-hybridized carbons (Fsp3) is 0.562. The van der Waals surface area contributed by atoms with Crippen LogP contribution in [0.3, 0.4) is 0 Å². The quantitative estimate of drug-likeness (QED) is 0.858. The fourth-order valence-electron chi connectivity index (χ4n) is 2.69. The highest BCUT2D eigenvalue weighted by molar-refractivity contribution is 5.94. The predicted molar refractivity (Wildman–Crippen MR) is 79.3 cm³/mol. The van der Waals surface area contributed by atoms with E-state index < -0.39 is 0 Å². The van der Waals surface area contributed by atoms with Crippen LogP contribution in [-0.4, -0.2) is 18.5 Å². The van der Waals surface area contributed by atoms with Crippen molar-refractivity contribution >= 4 is 11.6 Å². The van der Waals surface area contributed by atoms with Gasteiger partial charge in [0.05, 0.1) is 5.92 Å². The van der Waals surface area contributed by atoms with E-state index in [0.717, 1.165) is 18.7 Å². The zero-order chi connectivity index (χ0) is 14.0. The molecule has 1 saturated heterocycles. The average Bonchev–Trinajstić information content (AvgIpc) is 2.75. The van der Waals surface area contributed by atoms with Crippen LogP contribution in [0.5, 0.6) is 0 Å². The predicted octanol–water partition coefficient (Wildman–Crippen LogP) is 2.92. The highest BCUT2D eigenvalue weighted by atomic mass is 16.1. The van der Waals surface area contributed by atoms with Crippen LogP contribution >= 0.6 is 0 Å². The monoisotopic (exact) mass is 260 g/mol. The van der Waals surface area contributed by atoms with Gasteiger partial charge in [0.15, 0.2) is 0 Å². The molecule has 3 heteroatoms. The second kappa shape index (κ2) is 5.33. The van der Waals surface area contributed by atoms with Crippen LogP contribution in [0, 0.1) is 5.92 Å². The van der Waals surface area contributed by atoms with Crippen molar-refractivity contribution in [3.63, 3.8) is 0 Å². The largest absolute Gasteiger partial charge is 0.326 e. The molecule has 0 saturated carbocycles. The molecule has 2 atom stereocenters. The molecule has 1 aliphatic rings. The van der Waals surface area contributed by atoms with Gasteiger partial charge in [0, 0.05) is 11.7 Å². The van der Waals surface area contributed by atoms with E-state index in [1.807, 2.05) is 18.2 Å². The minimum Gasteiger partial charge on any atom is -0.326 e. The van der Waals surface area contributed by atoms with Gasteiger partial charge >= 0.3 is 0 Å². The first kappa shape index (κ1) is 14.1. The molecule has 1 aromatic rings. The molecule has 1 heterocycles. The van der Waals surface area contributed by atoms with Gasteiger partial charge in [-0.15, -0.1) is 0 Å². The zero-order valence-electron chi connectivity index (χ0n) is 12.3. The molecule has 1 fully saturated rings. The Morgan fingerprint density at radius 3 is 2.58 bits per heavy atom. The number of benzene rings is 1. The summed E-state index contributed by atoms with van der Waals surface area (Å²) >= 11 is 0. The van der Waals surface area contributed by atoms with E-state index in [2.05, 4.69) is 44.4 Å². The number of para-hydroxylation sites is 1. The molecule has 0 bridgehead atoms. The third-order valence-electron chi connectivity index (χ3n) is 3.85. The van der Waals surface area contributed by atoms with Crippen molar-refractivity contribution in [3.05, 3.63) is 29.8 Å². The van der Waals surface area contributed by atoms with Gasteiger partial charge in [-0.05, 0) is 36.9 Å². The van der Waals surface area contributed by atoms with Gasteiger partial charge in [0.1, 0.15) is 0 Å². The van der Waals surface area contributed by atoms with Crippen LogP contribution in [0.15, 0.2) is 24.3 Å². The van der Waals surface area contributed by atoms with E-state index in [0.29, 0.717) is 0 Å². The lowest BCUT2D eigenvalue weighted by atomic mass is 9.85. The number of hydrogen-bond donors (Lipinski definition) is 2. The van der Waals surface area contributed by atoms with Crippen molar-refractivity contribution in [2.75, 3.05) is 11.9 Å². The molecule has 0 aromatic heterocycles. The molecule has 2 rings (SSSR count). The van der Waals surface area contributed by atoms with Gasteiger partial charge in [-0.25, -0.2) is 0 Å². The van der Waals surface area contributed by atoms with Gasteiger partial charge in [0.2, 0.25) is 5.91 Å². The average molecular weight is 260 g/mol. The lowest BCUT2D eigenvalue weighted by molar-refractivity contribution is -0.120. The van der Waals surface area contributed by atoms with Crippen LogP contribution in [0.2, 0.25) is 0 Å². The summed E-state index contributed by atoms with van der Waals surface area (Å²) in [5, 5.41) is 6.43. The molecule has 0 radical (unpaired) electrons. The van der Waals surface area contributed by atoms with Crippen molar-refractivity contribution in [1.29, 1.82) is 0 Å². The Balaban J connectivity index is 2.17. The van der Waals surface area contributed by atoms with E-state index in [4.69, 9.17) is 0 Å². The Hall–Kier alpha value is -1.35. The maximum absolute atomic E-state index is 12.4. The highest BCUT2D eigenvalue weighted by Gasteiger charge is 2.30. The second-order valence-electron chi connectivity index (χ2n) is 6.42. The third-order valence-corrected chi connectivity index (χ3v) is 3.85. The summed E-state index contributed by atoms with van der Waals surface area (Å²) in [4.78, 5) is 12.4. The third kappa shape index (κ3) is 3.16. The van der Waals surface area contributed by atoms with E-state index in [1.165, 1.54) is 5.56 Å². The van der Waals surface area contributed by atoms with Crippen molar-refractivity contribution < 1.29 is 4.79 Å². The Morgan fingerprint density at radius 1 is 1.32 bits per heavy atom. The number of amides is 1. The molecule has 1 aromatic carbocycles. The standard InChI is InChI=1S/C16H24N2O/c1-11-12(9-10-17-11)15(19)18-14-8-6-5-7-13(14)16(2,3)4/h5-8,11-12,17H,9-10H2,1-4H3,(H,18,19). The highest BCUT2D eigenvalue weighted by Crippen LogP contribution is 2.30. The summed E-state index contributed by atoms with van der Waals surface area (Å²) in [5.41, 5.74) is 2.16. The number of rotatable bonds is 2. The van der Waals surface area contributed by atoms with Gasteiger partial charge in [-0.2, -0.15) is 0 Å². The normalized spacial score (nSPS) is 23.4. The Labute approximate surface area is 115 Å². The summed E-state index contributed by atoms with van der Waals surface area (Å²) in [6, 6.07) is 8.34. The Kier molecular flexibility index (Phi) is 3.95. The van der Waals surface area contributed by atoms with Gasteiger partial charge < -0.3 is 10.6 Å². The van der Waals surface area contributed by atoms with Crippen molar-refractivity contribution in [3.8, 4) is 0 Å². The minimum absolute atomic E-state index is 0.0312. The van der Waals surface area contributed by atoms with Crippen molar-refractivity contribution in [1.82, 2.24) is 5.32 Å². The molecule has 3 nitrogen and oxygen atoms in total. The SMILES string of the molecule is CC1NCCC1C(=O)Nc1ccccc1C(C)(C)C. The fourth-order valence-corrected chi connectivity index (χ4v) is 2.69. The molecule has 19 heavy (non-hydrogen) atoms. The Bertz CT molecular complexity index is 462. The molecule has 1 aliphatic heterocycles. The molecule has 0 spiro atoms. The second-order valence-corrected chi connectivity index (χ2v) is 6.42. The summed E-state index contributed by atoms with van der Waals surface area (Å²) < 4.78 is 0. The molecule has 0 aliphatic carbocycles. The van der Waals surface area contributed by atoms with E-state index in [9.17, 15) is 4.79 Å². The van der Waals surface area contributed by atoms with Crippen molar-refractivity contribution in [2.45, 2.75) is 45.6 Å². The molecule has 2 unspecified atom stereocenters. The molecular formula is C16H24N2O. The first-order valence-corrected chi connectivity index (χ1v) is 7.03. The van der Waals surface area contributed by atoms with E-state index in [1.54, 1.807) is 0 Å². The number of carbonyl (C=O) groups excluding carboxylic acids is 1. The van der Waals surface area contributed by atoms with E-state index in [-0.39, 0.29) is 23.3 Å². The number of nitrogens with one attached hydrogen (secondary N) is 2.